The molecule has 2 rings (SSSR count). The number of hydrogen-bond donors (Lipinski definition) is 0. The Labute approximate surface area is 120 Å². The van der Waals surface area contributed by atoms with Gasteiger partial charge in [-0.25, -0.2) is 9.78 Å². The number of carbonyl (C=O) groups is 1. The Bertz CT molecular complexity index is 774. The summed E-state index contributed by atoms with van der Waals surface area (Å²) < 4.78 is 6.39. The Balaban J connectivity index is 2.77. The molecule has 0 saturated carbocycles. The van der Waals surface area contributed by atoms with E-state index in [0.717, 1.165) is 0 Å². The van der Waals surface area contributed by atoms with Gasteiger partial charge in [0.1, 0.15) is 16.4 Å². The van der Waals surface area contributed by atoms with Crippen molar-refractivity contribution in [1.29, 1.82) is 0 Å². The minimum atomic E-state index is -0.680. The predicted octanol–water partition coefficient (Wildman–Crippen LogP) is 1.86. The van der Waals surface area contributed by atoms with Crippen molar-refractivity contribution in [2.45, 2.75) is 13.5 Å². The number of fused-ring (bicyclic) bond motifs is 1. The summed E-state index contributed by atoms with van der Waals surface area (Å²) in [5.41, 5.74) is -0.178. The highest BCUT2D eigenvalue weighted by atomic mass is 35.5. The van der Waals surface area contributed by atoms with Crippen molar-refractivity contribution in [3.05, 3.63) is 39.3 Å². The quantitative estimate of drug-likeness (QED) is 0.492. The minimum Gasteiger partial charge on any atom is -0.462 e. The van der Waals surface area contributed by atoms with Gasteiger partial charge in [0.2, 0.25) is 5.43 Å². The predicted molar refractivity (Wildman–Crippen MR) is 75.8 cm³/mol. The molecule has 0 bridgehead atoms. The lowest BCUT2D eigenvalue weighted by atomic mass is 10.2. The molecule has 0 aliphatic carbocycles. The number of carbonyl (C=O) groups excluding carboxylic acids is 1. The van der Waals surface area contributed by atoms with Crippen LogP contribution in [-0.4, -0.2) is 22.1 Å². The van der Waals surface area contributed by atoms with Crippen LogP contribution in [0, 0.1) is 12.3 Å². The van der Waals surface area contributed by atoms with Crippen molar-refractivity contribution >= 4 is 28.6 Å². The third-order valence-corrected chi connectivity index (χ3v) is 2.85. The average molecular weight is 291 g/mol. The zero-order valence-electron chi connectivity index (χ0n) is 10.7. The lowest BCUT2D eigenvalue weighted by Gasteiger charge is -2.10. The first-order chi connectivity index (χ1) is 9.58. The van der Waals surface area contributed by atoms with Gasteiger partial charge in [0.25, 0.3) is 0 Å². The van der Waals surface area contributed by atoms with Crippen LogP contribution in [0.2, 0.25) is 5.15 Å². The van der Waals surface area contributed by atoms with Crippen LogP contribution in [0.25, 0.3) is 11.0 Å². The van der Waals surface area contributed by atoms with Crippen molar-refractivity contribution in [1.82, 2.24) is 9.55 Å². The van der Waals surface area contributed by atoms with Gasteiger partial charge in [0, 0.05) is 6.20 Å². The van der Waals surface area contributed by atoms with Gasteiger partial charge in [-0.15, -0.1) is 6.42 Å². The first-order valence-electron chi connectivity index (χ1n) is 5.88. The smallest absolute Gasteiger partial charge is 0.343 e. The summed E-state index contributed by atoms with van der Waals surface area (Å²) in [5.74, 6) is 1.76. The summed E-state index contributed by atoms with van der Waals surface area (Å²) in [6.45, 7) is 2.01. The molecule has 2 aromatic rings. The molecule has 0 unspecified atom stereocenters. The molecule has 20 heavy (non-hydrogen) atoms. The number of terminal acetylenes is 1. The van der Waals surface area contributed by atoms with Crippen LogP contribution in [0.1, 0.15) is 17.3 Å². The molecule has 2 heterocycles. The van der Waals surface area contributed by atoms with E-state index in [1.807, 2.05) is 0 Å². The van der Waals surface area contributed by atoms with Gasteiger partial charge in [-0.2, -0.15) is 0 Å². The van der Waals surface area contributed by atoms with E-state index in [1.54, 1.807) is 6.92 Å². The number of ether oxygens (including phenoxy) is 1. The molecular weight excluding hydrogens is 280 g/mol. The maximum Gasteiger partial charge on any atom is 0.343 e. The molecule has 0 atom stereocenters. The molecule has 0 saturated heterocycles. The molecule has 0 aliphatic rings. The third-order valence-electron chi connectivity index (χ3n) is 2.64. The second-order valence-corrected chi connectivity index (χ2v) is 4.32. The highest BCUT2D eigenvalue weighted by Crippen LogP contribution is 2.14. The van der Waals surface area contributed by atoms with Crippen LogP contribution >= 0.6 is 11.6 Å². The van der Waals surface area contributed by atoms with E-state index in [0.29, 0.717) is 5.65 Å². The summed E-state index contributed by atoms with van der Waals surface area (Å²) in [6, 6.07) is 3.00. The fourth-order valence-corrected chi connectivity index (χ4v) is 1.96. The number of hydrogen-bond acceptors (Lipinski definition) is 4. The summed E-state index contributed by atoms with van der Waals surface area (Å²) in [6.07, 6.45) is 6.64. The highest BCUT2D eigenvalue weighted by Gasteiger charge is 2.17. The molecule has 0 radical (unpaired) electrons. The maximum atomic E-state index is 12.3. The maximum absolute atomic E-state index is 12.3. The summed E-state index contributed by atoms with van der Waals surface area (Å²) in [5, 5.41) is 0.516. The van der Waals surface area contributed by atoms with Gasteiger partial charge in [-0.1, -0.05) is 17.5 Å². The van der Waals surface area contributed by atoms with Gasteiger partial charge < -0.3 is 9.30 Å². The molecule has 0 aromatic carbocycles. The zero-order valence-corrected chi connectivity index (χ0v) is 11.5. The molecule has 0 spiro atoms. The van der Waals surface area contributed by atoms with Crippen LogP contribution in [0.5, 0.6) is 0 Å². The van der Waals surface area contributed by atoms with E-state index in [-0.39, 0.29) is 29.3 Å². The summed E-state index contributed by atoms with van der Waals surface area (Å²) >= 11 is 5.83. The van der Waals surface area contributed by atoms with E-state index < -0.39 is 11.4 Å². The molecule has 0 fully saturated rings. The highest BCUT2D eigenvalue weighted by molar-refractivity contribution is 6.29. The molecule has 0 aliphatic heterocycles. The number of nitrogens with zero attached hydrogens (tertiary/aromatic N) is 2. The Morgan fingerprint density at radius 1 is 1.55 bits per heavy atom. The van der Waals surface area contributed by atoms with Crippen molar-refractivity contribution in [2.75, 3.05) is 6.61 Å². The Morgan fingerprint density at radius 3 is 2.95 bits per heavy atom. The van der Waals surface area contributed by atoms with Crippen LogP contribution in [0.4, 0.5) is 0 Å². The van der Waals surface area contributed by atoms with Crippen molar-refractivity contribution in [2.24, 2.45) is 0 Å². The lowest BCUT2D eigenvalue weighted by molar-refractivity contribution is 0.0524. The first-order valence-corrected chi connectivity index (χ1v) is 6.26. The van der Waals surface area contributed by atoms with E-state index in [4.69, 9.17) is 22.8 Å². The molecule has 102 valence electrons. The second-order valence-electron chi connectivity index (χ2n) is 3.93. The fraction of sp³-hybridized carbons (Fsp3) is 0.214. The van der Waals surface area contributed by atoms with Gasteiger partial charge >= 0.3 is 5.97 Å². The van der Waals surface area contributed by atoms with E-state index in [9.17, 15) is 9.59 Å². The number of esters is 1. The standard InChI is InChI=1S/C14H11ClN2O3/c1-3-7-17-8-10(14(19)20-4-2)12(18)9-5-6-11(15)16-13(9)17/h1,5-6,8H,4,7H2,2H3. The number of rotatable bonds is 3. The van der Waals surface area contributed by atoms with Crippen LogP contribution in [0.3, 0.4) is 0 Å². The van der Waals surface area contributed by atoms with Gasteiger partial charge in [-0.05, 0) is 19.1 Å². The minimum absolute atomic E-state index is 0.0706. The Kier molecular flexibility index (Phi) is 4.06. The Morgan fingerprint density at radius 2 is 2.30 bits per heavy atom. The SMILES string of the molecule is C#CCn1cc(C(=O)OCC)c(=O)c2ccc(Cl)nc21. The largest absolute Gasteiger partial charge is 0.462 e. The van der Waals surface area contributed by atoms with Crippen LogP contribution < -0.4 is 5.43 Å². The Hall–Kier alpha value is -2.32. The lowest BCUT2D eigenvalue weighted by Crippen LogP contribution is -2.21. The van der Waals surface area contributed by atoms with Crippen LogP contribution in [0.15, 0.2) is 23.1 Å². The van der Waals surface area contributed by atoms with Crippen molar-refractivity contribution < 1.29 is 9.53 Å². The monoisotopic (exact) mass is 290 g/mol. The second kappa shape index (κ2) is 5.76. The number of aromatic nitrogens is 2. The topological polar surface area (TPSA) is 61.2 Å². The van der Waals surface area contributed by atoms with Crippen molar-refractivity contribution in [3.63, 3.8) is 0 Å². The normalized spacial score (nSPS) is 10.2. The summed E-state index contributed by atoms with van der Waals surface area (Å²) in [4.78, 5) is 28.1. The van der Waals surface area contributed by atoms with Gasteiger partial charge in [0.05, 0.1) is 18.5 Å². The average Bonchev–Trinajstić information content (AvgIpc) is 2.42. The van der Waals surface area contributed by atoms with E-state index in [2.05, 4.69) is 10.9 Å². The fourth-order valence-electron chi connectivity index (χ4n) is 1.82. The number of halogens is 1. The molecule has 0 N–H and O–H groups in total. The van der Waals surface area contributed by atoms with E-state index in [1.165, 1.54) is 22.9 Å². The molecule has 6 heteroatoms. The van der Waals surface area contributed by atoms with Crippen molar-refractivity contribution in [3.8, 4) is 12.3 Å². The van der Waals surface area contributed by atoms with E-state index >= 15 is 0 Å². The zero-order chi connectivity index (χ0) is 14.7. The van der Waals surface area contributed by atoms with Crippen LogP contribution in [-0.2, 0) is 11.3 Å². The molecule has 5 nitrogen and oxygen atoms in total. The van der Waals surface area contributed by atoms with Gasteiger partial charge in [0.15, 0.2) is 0 Å². The third kappa shape index (κ3) is 2.51. The van der Waals surface area contributed by atoms with Gasteiger partial charge in [-0.3, -0.25) is 4.79 Å². The molecule has 0 amide bonds. The summed E-state index contributed by atoms with van der Waals surface area (Å²) in [7, 11) is 0. The number of pyridine rings is 2. The molecule has 2 aromatic heterocycles. The molecular formula is C14H11ClN2O3. The first kappa shape index (κ1) is 14.1.